The summed E-state index contributed by atoms with van der Waals surface area (Å²) in [6.45, 7) is 0. The minimum atomic E-state index is -1.76. The Labute approximate surface area is 98.3 Å². The summed E-state index contributed by atoms with van der Waals surface area (Å²) in [5.41, 5.74) is 0. The van der Waals surface area contributed by atoms with Crippen molar-refractivity contribution in [2.75, 3.05) is 35.7 Å². The second-order valence-corrected chi connectivity index (χ2v) is 11.7. The second-order valence-electron chi connectivity index (χ2n) is 4.47. The minimum absolute atomic E-state index is 0.772. The number of hydrogen-bond donors (Lipinski definition) is 0. The van der Waals surface area contributed by atoms with Gasteiger partial charge in [0.1, 0.15) is 0 Å². The fourth-order valence-corrected chi connectivity index (χ4v) is 9.91. The molecule has 3 heterocycles. The maximum atomic E-state index is 12.7. The molecule has 0 N–H and O–H groups in total. The first-order valence-corrected chi connectivity index (χ1v) is 10.6. The van der Waals surface area contributed by atoms with E-state index in [2.05, 4.69) is 0 Å². The molecule has 0 saturated carbocycles. The lowest BCUT2D eigenvalue weighted by molar-refractivity contribution is 0.574. The van der Waals surface area contributed by atoms with Gasteiger partial charge in [0.05, 0.1) is 7.14 Å². The Balaban J connectivity index is 1.59. The summed E-state index contributed by atoms with van der Waals surface area (Å²) in [5.74, 6) is 3.83. The fraction of sp³-hybridized carbons (Fsp3) is 1.00. The molecule has 5 heteroatoms. The lowest BCUT2D eigenvalue weighted by atomic mass is 10.6. The molecule has 0 aromatic rings. The zero-order valence-electron chi connectivity index (χ0n) is 8.05. The summed E-state index contributed by atoms with van der Waals surface area (Å²) < 4.78 is 12.7. The Hall–Kier alpha value is 1.28. The van der Waals surface area contributed by atoms with Gasteiger partial charge in [-0.1, -0.05) is 0 Å². The number of thioether (sulfide) groups is 3. The highest BCUT2D eigenvalue weighted by Gasteiger charge is 2.41. The maximum absolute atomic E-state index is 12.7. The van der Waals surface area contributed by atoms with Gasteiger partial charge in [-0.05, 0) is 0 Å². The van der Waals surface area contributed by atoms with E-state index in [4.69, 9.17) is 0 Å². The Bertz CT molecular complexity index is 228. The van der Waals surface area contributed by atoms with Gasteiger partial charge in [-0.3, -0.25) is 0 Å². The van der Waals surface area contributed by atoms with Crippen molar-refractivity contribution >= 4 is 42.4 Å². The maximum Gasteiger partial charge on any atom is 0.0910 e. The Kier molecular flexibility index (Phi) is 2.94. The molecule has 0 bridgehead atoms. The van der Waals surface area contributed by atoms with Gasteiger partial charge in [-0.15, -0.1) is 0 Å². The van der Waals surface area contributed by atoms with Crippen molar-refractivity contribution < 1.29 is 4.57 Å². The summed E-state index contributed by atoms with van der Waals surface area (Å²) in [6, 6.07) is 0. The van der Waals surface area contributed by atoms with Gasteiger partial charge in [0.2, 0.25) is 0 Å². The molecule has 0 aromatic heterocycles. The third-order valence-corrected chi connectivity index (χ3v) is 9.79. The molecule has 0 aromatic carbocycles. The van der Waals surface area contributed by atoms with Crippen LogP contribution in [0.2, 0.25) is 0 Å². The van der Waals surface area contributed by atoms with Crippen LogP contribution < -0.4 is 0 Å². The van der Waals surface area contributed by atoms with Crippen LogP contribution in [0.1, 0.15) is 0 Å². The van der Waals surface area contributed by atoms with Gasteiger partial charge in [0, 0.05) is 51.5 Å². The van der Waals surface area contributed by atoms with E-state index in [9.17, 15) is 4.57 Å². The lowest BCUT2D eigenvalue weighted by Crippen LogP contribution is -2.10. The molecule has 0 radical (unpaired) electrons. The van der Waals surface area contributed by atoms with Gasteiger partial charge in [-0.25, -0.2) is 0 Å². The Morgan fingerprint density at radius 1 is 0.857 bits per heavy atom. The summed E-state index contributed by atoms with van der Waals surface area (Å²) in [4.78, 5) is 0. The molecule has 3 unspecified atom stereocenters. The van der Waals surface area contributed by atoms with E-state index in [1.807, 2.05) is 35.3 Å². The Morgan fingerprint density at radius 2 is 1.14 bits per heavy atom. The molecule has 0 amide bonds. The molecule has 3 aliphatic heterocycles. The topological polar surface area (TPSA) is 17.1 Å². The quantitative estimate of drug-likeness (QED) is 0.543. The van der Waals surface area contributed by atoms with E-state index in [0.29, 0.717) is 0 Å². The smallest absolute Gasteiger partial charge is 0.0910 e. The van der Waals surface area contributed by atoms with E-state index < -0.39 is 7.14 Å². The predicted molar refractivity (Wildman–Crippen MR) is 70.9 cm³/mol. The van der Waals surface area contributed by atoms with Crippen LogP contribution in [-0.2, 0) is 4.57 Å². The van der Waals surface area contributed by atoms with Crippen LogP contribution in [0, 0.1) is 0 Å². The van der Waals surface area contributed by atoms with Crippen molar-refractivity contribution in [3.05, 3.63) is 0 Å². The first-order valence-electron chi connectivity index (χ1n) is 5.15. The van der Waals surface area contributed by atoms with E-state index >= 15 is 0 Å². The van der Waals surface area contributed by atoms with Crippen molar-refractivity contribution in [2.24, 2.45) is 0 Å². The van der Waals surface area contributed by atoms with Gasteiger partial charge in [0.25, 0.3) is 0 Å². The van der Waals surface area contributed by atoms with Crippen molar-refractivity contribution in [3.63, 3.8) is 0 Å². The van der Waals surface area contributed by atoms with Crippen LogP contribution in [0.5, 0.6) is 0 Å². The van der Waals surface area contributed by atoms with Crippen molar-refractivity contribution in [3.8, 4) is 0 Å². The van der Waals surface area contributed by atoms with Crippen molar-refractivity contribution in [2.45, 2.75) is 15.7 Å². The predicted octanol–water partition coefficient (Wildman–Crippen LogP) is 2.70. The third kappa shape index (κ3) is 3.13. The first kappa shape index (κ1) is 10.4. The molecule has 3 atom stereocenters. The molecule has 14 heavy (non-hydrogen) atoms. The summed E-state index contributed by atoms with van der Waals surface area (Å²) in [7, 11) is -1.76. The molecule has 3 fully saturated rings. The SMILES string of the molecule is O=P(CC1CS1)(CC1CS1)CC1CS1. The highest BCUT2D eigenvalue weighted by atomic mass is 32.2. The van der Waals surface area contributed by atoms with Gasteiger partial charge >= 0.3 is 0 Å². The van der Waals surface area contributed by atoms with Gasteiger partial charge in [-0.2, -0.15) is 35.3 Å². The molecule has 0 aliphatic carbocycles. The standard InChI is InChI=1S/C9H15OPS3/c10-11(1-7-4-12-7,2-8-5-13-8)3-9-6-14-9/h7-9H,1-6H2. The molecule has 3 rings (SSSR count). The van der Waals surface area contributed by atoms with Crippen LogP contribution in [0.25, 0.3) is 0 Å². The van der Waals surface area contributed by atoms with E-state index in [1.54, 1.807) is 0 Å². The Morgan fingerprint density at radius 3 is 1.36 bits per heavy atom. The van der Waals surface area contributed by atoms with E-state index in [0.717, 1.165) is 34.2 Å². The van der Waals surface area contributed by atoms with Gasteiger partial charge in [0.15, 0.2) is 0 Å². The summed E-state index contributed by atoms with van der Waals surface area (Å²) in [5, 5.41) is 2.31. The molecule has 80 valence electrons. The number of rotatable bonds is 6. The fourth-order valence-electron chi connectivity index (χ4n) is 1.86. The molecule has 3 saturated heterocycles. The second kappa shape index (κ2) is 3.94. The lowest BCUT2D eigenvalue weighted by Gasteiger charge is -2.16. The highest BCUT2D eigenvalue weighted by molar-refractivity contribution is 8.08. The zero-order valence-corrected chi connectivity index (χ0v) is 11.4. The molecular formula is C9H15OPS3. The largest absolute Gasteiger partial charge is 0.323 e. The molecule has 1 nitrogen and oxygen atoms in total. The first-order chi connectivity index (χ1) is 6.73. The molecule has 0 spiro atoms. The van der Waals surface area contributed by atoms with Crippen LogP contribution in [0.3, 0.4) is 0 Å². The van der Waals surface area contributed by atoms with E-state index in [1.165, 1.54) is 17.3 Å². The van der Waals surface area contributed by atoms with Crippen LogP contribution >= 0.6 is 42.4 Å². The third-order valence-electron chi connectivity index (χ3n) is 2.82. The van der Waals surface area contributed by atoms with Crippen LogP contribution in [0.15, 0.2) is 0 Å². The van der Waals surface area contributed by atoms with E-state index in [-0.39, 0.29) is 0 Å². The normalized spacial score (nSPS) is 43.0. The highest BCUT2D eigenvalue weighted by Crippen LogP contribution is 2.58. The monoisotopic (exact) mass is 266 g/mol. The summed E-state index contributed by atoms with van der Waals surface area (Å²) in [6.07, 6.45) is 3.18. The van der Waals surface area contributed by atoms with Gasteiger partial charge < -0.3 is 4.57 Å². The average molecular weight is 266 g/mol. The van der Waals surface area contributed by atoms with Crippen LogP contribution in [-0.4, -0.2) is 51.5 Å². The minimum Gasteiger partial charge on any atom is -0.323 e. The average Bonchev–Trinajstić information content (AvgIpc) is 2.90. The van der Waals surface area contributed by atoms with Crippen LogP contribution in [0.4, 0.5) is 0 Å². The molecule has 3 aliphatic rings. The van der Waals surface area contributed by atoms with Crippen molar-refractivity contribution in [1.29, 1.82) is 0 Å². The molecular weight excluding hydrogens is 251 g/mol. The number of hydrogen-bond acceptors (Lipinski definition) is 4. The zero-order chi connectivity index (χ0) is 9.60. The summed E-state index contributed by atoms with van der Waals surface area (Å²) >= 11 is 6.01. The van der Waals surface area contributed by atoms with Crippen molar-refractivity contribution in [1.82, 2.24) is 0 Å².